The molecule has 0 saturated carbocycles. The number of para-hydroxylation sites is 1. The van der Waals surface area contributed by atoms with E-state index in [4.69, 9.17) is 17.0 Å². The molecule has 0 unspecified atom stereocenters. The molecule has 0 bridgehead atoms. The van der Waals surface area contributed by atoms with Crippen molar-refractivity contribution in [2.75, 3.05) is 32.8 Å². The Morgan fingerprint density at radius 1 is 1.00 bits per heavy atom. The summed E-state index contributed by atoms with van der Waals surface area (Å²) in [5, 5.41) is 4.41. The Morgan fingerprint density at radius 2 is 1.68 bits per heavy atom. The van der Waals surface area contributed by atoms with E-state index in [1.165, 1.54) is 4.31 Å². The van der Waals surface area contributed by atoms with Crippen molar-refractivity contribution in [3.05, 3.63) is 65.7 Å². The van der Waals surface area contributed by atoms with Crippen LogP contribution in [0.2, 0.25) is 0 Å². The molecule has 2 aromatic carbocycles. The lowest BCUT2D eigenvalue weighted by Crippen LogP contribution is -2.48. The minimum atomic E-state index is -3.53. The molecule has 10 heteroatoms. The van der Waals surface area contributed by atoms with Gasteiger partial charge in [-0.05, 0) is 55.5 Å². The fourth-order valence-corrected chi connectivity index (χ4v) is 5.20. The Hall–Kier alpha value is -2.53. The fourth-order valence-electron chi connectivity index (χ4n) is 3.52. The first kappa shape index (κ1) is 21.7. The maximum absolute atomic E-state index is 13.0. The van der Waals surface area contributed by atoms with Gasteiger partial charge in [-0.15, -0.1) is 0 Å². The second-order valence-corrected chi connectivity index (χ2v) is 9.49. The summed E-state index contributed by atoms with van der Waals surface area (Å²) < 4.78 is 37.1. The van der Waals surface area contributed by atoms with Crippen LogP contribution in [0.5, 0.6) is 5.75 Å². The van der Waals surface area contributed by atoms with Gasteiger partial charge in [0.1, 0.15) is 12.1 Å². The van der Waals surface area contributed by atoms with Crippen molar-refractivity contribution in [1.82, 2.24) is 23.6 Å². The second kappa shape index (κ2) is 9.31. The summed E-state index contributed by atoms with van der Waals surface area (Å²) in [5.74, 6) is 0.665. The van der Waals surface area contributed by atoms with Gasteiger partial charge in [-0.3, -0.25) is 9.47 Å². The lowest BCUT2D eigenvalue weighted by molar-refractivity contribution is 0.144. The highest BCUT2D eigenvalue weighted by molar-refractivity contribution is 7.89. The first-order valence-corrected chi connectivity index (χ1v) is 12.0. The SMILES string of the molecule is CCOc1ccc(S(=O)(=O)N2CCN(Cn3ncn(-c4ccccc4)c3=S)CC2)cc1. The predicted molar refractivity (Wildman–Crippen MR) is 120 cm³/mol. The highest BCUT2D eigenvalue weighted by Gasteiger charge is 2.28. The van der Waals surface area contributed by atoms with Crippen LogP contribution in [-0.4, -0.2) is 64.8 Å². The minimum Gasteiger partial charge on any atom is -0.494 e. The van der Waals surface area contributed by atoms with Crippen molar-refractivity contribution in [3.8, 4) is 11.4 Å². The Kier molecular flexibility index (Phi) is 6.51. The first-order valence-electron chi connectivity index (χ1n) is 10.1. The maximum Gasteiger partial charge on any atom is 0.243 e. The third kappa shape index (κ3) is 4.72. The summed E-state index contributed by atoms with van der Waals surface area (Å²) in [4.78, 5) is 2.44. The minimum absolute atomic E-state index is 0.285. The number of ether oxygens (including phenoxy) is 1. The zero-order valence-electron chi connectivity index (χ0n) is 17.3. The van der Waals surface area contributed by atoms with E-state index in [0.717, 1.165) is 5.69 Å². The van der Waals surface area contributed by atoms with E-state index in [1.54, 1.807) is 35.3 Å². The molecule has 0 amide bonds. The average molecular weight is 460 g/mol. The van der Waals surface area contributed by atoms with Crippen molar-refractivity contribution in [2.24, 2.45) is 0 Å². The van der Waals surface area contributed by atoms with E-state index >= 15 is 0 Å². The van der Waals surface area contributed by atoms with Gasteiger partial charge in [0.25, 0.3) is 0 Å². The third-order valence-electron chi connectivity index (χ3n) is 5.21. The van der Waals surface area contributed by atoms with Crippen molar-refractivity contribution in [2.45, 2.75) is 18.5 Å². The van der Waals surface area contributed by atoms with Gasteiger partial charge in [-0.25, -0.2) is 13.1 Å². The number of nitrogens with zero attached hydrogens (tertiary/aromatic N) is 5. The number of aromatic nitrogens is 3. The maximum atomic E-state index is 13.0. The number of sulfonamides is 1. The topological polar surface area (TPSA) is 72.6 Å². The van der Waals surface area contributed by atoms with Crippen molar-refractivity contribution < 1.29 is 13.2 Å². The molecule has 164 valence electrons. The van der Waals surface area contributed by atoms with Crippen LogP contribution >= 0.6 is 12.2 Å². The van der Waals surface area contributed by atoms with Crippen LogP contribution in [0.25, 0.3) is 5.69 Å². The van der Waals surface area contributed by atoms with Crippen molar-refractivity contribution in [3.63, 3.8) is 0 Å². The van der Waals surface area contributed by atoms with Crippen molar-refractivity contribution in [1.29, 1.82) is 0 Å². The summed E-state index contributed by atoms with van der Waals surface area (Å²) in [6.07, 6.45) is 1.71. The van der Waals surface area contributed by atoms with Gasteiger partial charge in [0.2, 0.25) is 14.8 Å². The quantitative estimate of drug-likeness (QED) is 0.506. The molecule has 31 heavy (non-hydrogen) atoms. The molecule has 1 aliphatic rings. The molecule has 3 aromatic rings. The third-order valence-corrected chi connectivity index (χ3v) is 7.53. The molecular formula is C21H25N5O3S2. The van der Waals surface area contributed by atoms with Gasteiger partial charge in [0.15, 0.2) is 0 Å². The molecule has 0 spiro atoms. The van der Waals surface area contributed by atoms with Crippen LogP contribution in [-0.2, 0) is 16.7 Å². The summed E-state index contributed by atoms with van der Waals surface area (Å²) in [6, 6.07) is 16.4. The van der Waals surface area contributed by atoms with Crippen LogP contribution in [0.4, 0.5) is 0 Å². The Balaban J connectivity index is 1.39. The smallest absolute Gasteiger partial charge is 0.243 e. The van der Waals surface area contributed by atoms with E-state index in [1.807, 2.05) is 41.8 Å². The lowest BCUT2D eigenvalue weighted by atomic mass is 10.3. The fraction of sp³-hybridized carbons (Fsp3) is 0.333. The number of piperazine rings is 1. The molecule has 1 saturated heterocycles. The number of rotatable bonds is 7. The lowest BCUT2D eigenvalue weighted by Gasteiger charge is -2.33. The zero-order valence-corrected chi connectivity index (χ0v) is 18.9. The Morgan fingerprint density at radius 3 is 2.32 bits per heavy atom. The Labute approximate surface area is 187 Å². The summed E-state index contributed by atoms with van der Waals surface area (Å²) >= 11 is 5.57. The van der Waals surface area contributed by atoms with Crippen LogP contribution in [0, 0.1) is 4.77 Å². The van der Waals surface area contributed by atoms with Gasteiger partial charge in [0.05, 0.1) is 18.2 Å². The molecule has 1 fully saturated rings. The van der Waals surface area contributed by atoms with Crippen molar-refractivity contribution >= 4 is 22.2 Å². The van der Waals surface area contributed by atoms with E-state index in [2.05, 4.69) is 10.00 Å². The summed E-state index contributed by atoms with van der Waals surface area (Å²) in [6.45, 7) is 5.01. The molecule has 0 atom stereocenters. The van der Waals surface area contributed by atoms with Gasteiger partial charge in [-0.1, -0.05) is 18.2 Å². The number of benzene rings is 2. The molecule has 0 N–H and O–H groups in total. The van der Waals surface area contributed by atoms with E-state index in [9.17, 15) is 8.42 Å². The summed E-state index contributed by atoms with van der Waals surface area (Å²) in [5.41, 5.74) is 0.963. The molecule has 1 aromatic heterocycles. The number of hydrogen-bond acceptors (Lipinski definition) is 6. The molecule has 0 radical (unpaired) electrons. The van der Waals surface area contributed by atoms with Gasteiger partial charge >= 0.3 is 0 Å². The molecule has 1 aliphatic heterocycles. The largest absolute Gasteiger partial charge is 0.494 e. The number of hydrogen-bond donors (Lipinski definition) is 0. The highest BCUT2D eigenvalue weighted by Crippen LogP contribution is 2.21. The summed E-state index contributed by atoms with van der Waals surface area (Å²) in [7, 11) is -3.53. The Bertz CT molecular complexity index is 1170. The van der Waals surface area contributed by atoms with Gasteiger partial charge in [-0.2, -0.15) is 9.40 Å². The first-order chi connectivity index (χ1) is 15.0. The normalized spacial score (nSPS) is 15.8. The second-order valence-electron chi connectivity index (χ2n) is 7.19. The predicted octanol–water partition coefficient (Wildman–Crippen LogP) is 2.77. The monoisotopic (exact) mass is 459 g/mol. The van der Waals surface area contributed by atoms with Gasteiger partial charge < -0.3 is 4.74 Å². The standard InChI is InChI=1S/C21H25N5O3S2/c1-2-29-19-8-10-20(11-9-19)31(27,28)24-14-12-23(13-15-24)17-26-21(30)25(16-22-26)18-6-4-3-5-7-18/h3-11,16H,2,12-15,17H2,1H3. The van der Waals surface area contributed by atoms with E-state index < -0.39 is 10.0 Å². The van der Waals surface area contributed by atoms with Crippen LogP contribution in [0.3, 0.4) is 0 Å². The molecule has 0 aliphatic carbocycles. The molecule has 2 heterocycles. The molecule has 8 nitrogen and oxygen atoms in total. The molecular weight excluding hydrogens is 434 g/mol. The highest BCUT2D eigenvalue weighted by atomic mass is 32.2. The van der Waals surface area contributed by atoms with E-state index in [-0.39, 0.29) is 4.90 Å². The average Bonchev–Trinajstić information content (AvgIpc) is 3.15. The van der Waals surface area contributed by atoms with E-state index in [0.29, 0.717) is 50.0 Å². The van der Waals surface area contributed by atoms with Crippen LogP contribution in [0.15, 0.2) is 65.8 Å². The van der Waals surface area contributed by atoms with Crippen LogP contribution < -0.4 is 4.74 Å². The molecule has 4 rings (SSSR count). The zero-order chi connectivity index (χ0) is 21.8. The van der Waals surface area contributed by atoms with Crippen LogP contribution in [0.1, 0.15) is 6.92 Å². The van der Waals surface area contributed by atoms with Gasteiger partial charge in [0, 0.05) is 31.9 Å².